The molecule has 2 N–H and O–H groups in total. The molecule has 7 nitrogen and oxygen atoms in total. The van der Waals surface area contributed by atoms with Crippen LogP contribution in [0, 0.1) is 0 Å². The summed E-state index contributed by atoms with van der Waals surface area (Å²) >= 11 is 0. The topological polar surface area (TPSA) is 87.3 Å². The van der Waals surface area contributed by atoms with E-state index >= 15 is 0 Å². The highest BCUT2D eigenvalue weighted by Gasteiger charge is 2.34. The molecule has 23 heavy (non-hydrogen) atoms. The third-order valence-corrected chi connectivity index (χ3v) is 3.83. The maximum absolute atomic E-state index is 12.5. The minimum absolute atomic E-state index is 0.118. The van der Waals surface area contributed by atoms with Crippen LogP contribution in [0.3, 0.4) is 0 Å². The van der Waals surface area contributed by atoms with Crippen LogP contribution in [0.15, 0.2) is 36.5 Å². The van der Waals surface area contributed by atoms with Gasteiger partial charge < -0.3 is 15.0 Å². The normalized spacial score (nSPS) is 17.3. The van der Waals surface area contributed by atoms with Gasteiger partial charge in [-0.1, -0.05) is 12.1 Å². The van der Waals surface area contributed by atoms with Crippen LogP contribution in [0.2, 0.25) is 0 Å². The summed E-state index contributed by atoms with van der Waals surface area (Å²) in [6, 6.07) is 8.59. The molecule has 0 radical (unpaired) electrons. The van der Waals surface area contributed by atoms with E-state index in [2.05, 4.69) is 15.5 Å². The summed E-state index contributed by atoms with van der Waals surface area (Å²) in [6.07, 6.45) is 2.34. The molecule has 1 aliphatic heterocycles. The Balaban J connectivity index is 1.66. The van der Waals surface area contributed by atoms with Crippen LogP contribution < -0.4 is 15.0 Å². The first-order chi connectivity index (χ1) is 11.2. The smallest absolute Gasteiger partial charge is 0.249 e. The molecular formula is C16H18N4O3. The molecule has 1 fully saturated rings. The number of aromatic amines is 1. The van der Waals surface area contributed by atoms with Crippen molar-refractivity contribution in [2.24, 2.45) is 0 Å². The van der Waals surface area contributed by atoms with Gasteiger partial charge in [0.1, 0.15) is 11.8 Å². The Morgan fingerprint density at radius 3 is 3.00 bits per heavy atom. The zero-order valence-electron chi connectivity index (χ0n) is 12.8. The molecule has 2 aromatic rings. The van der Waals surface area contributed by atoms with E-state index in [1.807, 2.05) is 24.3 Å². The van der Waals surface area contributed by atoms with Gasteiger partial charge in [-0.25, -0.2) is 0 Å². The fraction of sp³-hybridized carbons (Fsp3) is 0.312. The maximum Gasteiger partial charge on any atom is 0.249 e. The van der Waals surface area contributed by atoms with Gasteiger partial charge in [-0.2, -0.15) is 5.10 Å². The van der Waals surface area contributed by atoms with Crippen molar-refractivity contribution in [3.63, 3.8) is 0 Å². The largest absolute Gasteiger partial charge is 0.495 e. The van der Waals surface area contributed by atoms with Gasteiger partial charge in [0.05, 0.1) is 19.2 Å². The minimum atomic E-state index is -0.504. The Labute approximate surface area is 133 Å². The van der Waals surface area contributed by atoms with Crippen molar-refractivity contribution in [2.45, 2.75) is 18.9 Å². The molecule has 1 saturated heterocycles. The van der Waals surface area contributed by atoms with Crippen molar-refractivity contribution >= 4 is 17.5 Å². The second-order valence-electron chi connectivity index (χ2n) is 5.33. The Bertz CT molecular complexity index is 699. The number of nitrogens with one attached hydrogen (secondary N) is 2. The fourth-order valence-corrected chi connectivity index (χ4v) is 2.71. The molecule has 1 aromatic carbocycles. The van der Waals surface area contributed by atoms with Gasteiger partial charge in [-0.05, 0) is 24.6 Å². The van der Waals surface area contributed by atoms with Gasteiger partial charge in [-0.3, -0.25) is 14.7 Å². The summed E-state index contributed by atoms with van der Waals surface area (Å²) in [6.45, 7) is 0.550. The van der Waals surface area contributed by atoms with E-state index in [0.29, 0.717) is 18.7 Å². The number of H-pyrrole nitrogens is 1. The van der Waals surface area contributed by atoms with E-state index in [0.717, 1.165) is 11.4 Å². The average Bonchev–Trinajstić information content (AvgIpc) is 3.18. The first-order valence-electron chi connectivity index (χ1n) is 7.41. The Hall–Kier alpha value is -2.83. The van der Waals surface area contributed by atoms with E-state index in [-0.39, 0.29) is 18.2 Å². The lowest BCUT2D eigenvalue weighted by molar-refractivity contribution is -0.126. The first-order valence-corrected chi connectivity index (χ1v) is 7.41. The van der Waals surface area contributed by atoms with E-state index in [4.69, 9.17) is 4.74 Å². The Morgan fingerprint density at radius 2 is 2.26 bits per heavy atom. The fourth-order valence-electron chi connectivity index (χ4n) is 2.71. The number of benzene rings is 1. The Kier molecular flexibility index (Phi) is 4.27. The van der Waals surface area contributed by atoms with Crippen LogP contribution in [-0.4, -0.2) is 41.7 Å². The van der Waals surface area contributed by atoms with Crippen LogP contribution in [0.25, 0.3) is 0 Å². The van der Waals surface area contributed by atoms with Crippen molar-refractivity contribution in [3.05, 3.63) is 42.2 Å². The number of ether oxygens (including phenoxy) is 1. The number of nitrogens with zero attached hydrogens (tertiary/aromatic N) is 2. The number of anilines is 1. The molecule has 1 aliphatic rings. The summed E-state index contributed by atoms with van der Waals surface area (Å²) < 4.78 is 5.30. The summed E-state index contributed by atoms with van der Waals surface area (Å²) in [5, 5.41) is 9.32. The zero-order valence-corrected chi connectivity index (χ0v) is 12.8. The molecule has 0 aliphatic carbocycles. The van der Waals surface area contributed by atoms with E-state index in [9.17, 15) is 9.59 Å². The quantitative estimate of drug-likeness (QED) is 0.858. The predicted octanol–water partition coefficient (Wildman–Crippen LogP) is 0.882. The van der Waals surface area contributed by atoms with Gasteiger partial charge in [0.15, 0.2) is 0 Å². The van der Waals surface area contributed by atoms with Gasteiger partial charge in [-0.15, -0.1) is 0 Å². The summed E-state index contributed by atoms with van der Waals surface area (Å²) in [5.41, 5.74) is 1.44. The number of carbonyl (C=O) groups is 2. The highest BCUT2D eigenvalue weighted by atomic mass is 16.5. The molecule has 2 heterocycles. The monoisotopic (exact) mass is 314 g/mol. The number of amides is 2. The minimum Gasteiger partial charge on any atom is -0.495 e. The standard InChI is InChI=1S/C16H18N4O3/c1-23-14-5-3-2-4-13(14)20-9-7-12(16(20)22)18-15(21)10-11-6-8-17-19-11/h2-6,8,12H,7,9-10H2,1H3,(H,17,19)(H,18,21). The van der Waals surface area contributed by atoms with E-state index in [1.54, 1.807) is 24.3 Å². The number of hydrogen-bond donors (Lipinski definition) is 2. The summed E-state index contributed by atoms with van der Waals surface area (Å²) in [4.78, 5) is 26.2. The number of aromatic nitrogens is 2. The van der Waals surface area contributed by atoms with Gasteiger partial charge in [0, 0.05) is 18.4 Å². The molecule has 2 amide bonds. The van der Waals surface area contributed by atoms with Crippen LogP contribution in [0.4, 0.5) is 5.69 Å². The maximum atomic E-state index is 12.5. The second-order valence-corrected chi connectivity index (χ2v) is 5.33. The van der Waals surface area contributed by atoms with Gasteiger partial charge in [0.25, 0.3) is 0 Å². The Morgan fingerprint density at radius 1 is 1.43 bits per heavy atom. The lowest BCUT2D eigenvalue weighted by Gasteiger charge is -2.19. The molecule has 0 bridgehead atoms. The predicted molar refractivity (Wildman–Crippen MR) is 84.2 cm³/mol. The zero-order chi connectivity index (χ0) is 16.2. The van der Waals surface area contributed by atoms with Crippen molar-refractivity contribution in [1.29, 1.82) is 0 Å². The lowest BCUT2D eigenvalue weighted by atomic mass is 10.2. The van der Waals surface area contributed by atoms with Crippen molar-refractivity contribution < 1.29 is 14.3 Å². The van der Waals surface area contributed by atoms with E-state index in [1.165, 1.54) is 0 Å². The number of hydrogen-bond acceptors (Lipinski definition) is 4. The molecule has 0 saturated carbocycles. The highest BCUT2D eigenvalue weighted by Crippen LogP contribution is 2.30. The summed E-state index contributed by atoms with van der Waals surface area (Å²) in [5.74, 6) is 0.326. The van der Waals surface area contributed by atoms with Crippen molar-refractivity contribution in [3.8, 4) is 5.75 Å². The van der Waals surface area contributed by atoms with Crippen LogP contribution >= 0.6 is 0 Å². The number of para-hydroxylation sites is 2. The third kappa shape index (κ3) is 3.18. The molecule has 1 unspecified atom stereocenters. The average molecular weight is 314 g/mol. The van der Waals surface area contributed by atoms with Crippen LogP contribution in [0.5, 0.6) is 5.75 Å². The molecule has 120 valence electrons. The number of carbonyl (C=O) groups excluding carboxylic acids is 2. The number of rotatable bonds is 5. The van der Waals surface area contributed by atoms with Crippen LogP contribution in [-0.2, 0) is 16.0 Å². The van der Waals surface area contributed by atoms with Crippen molar-refractivity contribution in [1.82, 2.24) is 15.5 Å². The molecule has 7 heteroatoms. The highest BCUT2D eigenvalue weighted by molar-refractivity contribution is 6.02. The van der Waals surface area contributed by atoms with Crippen molar-refractivity contribution in [2.75, 3.05) is 18.6 Å². The van der Waals surface area contributed by atoms with Gasteiger partial charge >= 0.3 is 0 Å². The molecular weight excluding hydrogens is 296 g/mol. The lowest BCUT2D eigenvalue weighted by Crippen LogP contribution is -2.42. The summed E-state index contributed by atoms with van der Waals surface area (Å²) in [7, 11) is 1.57. The molecule has 3 rings (SSSR count). The molecule has 1 aromatic heterocycles. The molecule has 1 atom stereocenters. The second kappa shape index (κ2) is 6.51. The first kappa shape index (κ1) is 15.1. The van der Waals surface area contributed by atoms with E-state index < -0.39 is 6.04 Å². The van der Waals surface area contributed by atoms with Crippen LogP contribution in [0.1, 0.15) is 12.1 Å². The third-order valence-electron chi connectivity index (χ3n) is 3.83. The van der Waals surface area contributed by atoms with Gasteiger partial charge in [0.2, 0.25) is 11.8 Å². The SMILES string of the molecule is COc1ccccc1N1CCC(NC(=O)Cc2ccn[nH]2)C1=O. The number of methoxy groups -OCH3 is 1. The molecule has 0 spiro atoms.